The highest BCUT2D eigenvalue weighted by molar-refractivity contribution is 5.99. The Bertz CT molecular complexity index is 1270. The third-order valence-electron chi connectivity index (χ3n) is 4.82. The second-order valence-electron chi connectivity index (χ2n) is 8.01. The summed E-state index contributed by atoms with van der Waals surface area (Å²) in [6.45, 7) is 10.1. The van der Waals surface area contributed by atoms with E-state index in [1.165, 1.54) is 6.33 Å². The lowest BCUT2D eigenvalue weighted by molar-refractivity contribution is -0.192. The summed E-state index contributed by atoms with van der Waals surface area (Å²) in [5.41, 5.74) is 4.35. The molecule has 0 bridgehead atoms. The average Bonchev–Trinajstić information content (AvgIpc) is 3.12. The Morgan fingerprint density at radius 1 is 1.14 bits per heavy atom. The minimum absolute atomic E-state index is 0.0535. The molecule has 10 nitrogen and oxygen atoms in total. The topological polar surface area (TPSA) is 138 Å². The number of aliphatic carboxylic acids is 1. The van der Waals surface area contributed by atoms with Gasteiger partial charge in [-0.3, -0.25) is 9.59 Å². The van der Waals surface area contributed by atoms with Gasteiger partial charge in [-0.15, -0.1) is 0 Å². The van der Waals surface area contributed by atoms with Gasteiger partial charge >= 0.3 is 12.1 Å². The molecule has 2 heterocycles. The fourth-order valence-electron chi connectivity index (χ4n) is 3.11. The molecule has 3 rings (SSSR count). The van der Waals surface area contributed by atoms with Crippen LogP contribution in [0, 0.1) is 13.8 Å². The first-order valence-electron chi connectivity index (χ1n) is 10.9. The summed E-state index contributed by atoms with van der Waals surface area (Å²) in [7, 11) is 0. The number of alkyl halides is 3. The van der Waals surface area contributed by atoms with Crippen LogP contribution in [0.4, 0.5) is 24.7 Å². The number of carboxylic acids is 1. The fraction of sp³-hybridized carbons (Fsp3) is 0.348. The lowest BCUT2D eigenvalue weighted by atomic mass is 10.1. The Morgan fingerprint density at radius 2 is 1.78 bits per heavy atom. The van der Waals surface area contributed by atoms with Crippen LogP contribution in [0.3, 0.4) is 0 Å². The van der Waals surface area contributed by atoms with Gasteiger partial charge in [0.25, 0.3) is 11.8 Å². The van der Waals surface area contributed by atoms with Crippen molar-refractivity contribution in [2.75, 3.05) is 11.9 Å². The number of amides is 2. The van der Waals surface area contributed by atoms with E-state index in [4.69, 9.17) is 9.90 Å². The molecule has 2 amide bonds. The van der Waals surface area contributed by atoms with E-state index >= 15 is 0 Å². The molecular weight excluding hydrogens is 481 g/mol. The maximum absolute atomic E-state index is 12.4. The first kappa shape index (κ1) is 28.1. The molecule has 0 radical (unpaired) electrons. The molecule has 0 fully saturated rings. The zero-order valence-electron chi connectivity index (χ0n) is 20.3. The Labute approximate surface area is 204 Å². The highest BCUT2D eigenvalue weighted by atomic mass is 19.4. The van der Waals surface area contributed by atoms with E-state index in [2.05, 4.69) is 26.0 Å². The summed E-state index contributed by atoms with van der Waals surface area (Å²) < 4.78 is 33.4. The van der Waals surface area contributed by atoms with Gasteiger partial charge in [0.1, 0.15) is 11.8 Å². The highest BCUT2D eigenvalue weighted by Gasteiger charge is 2.38. The number of aryl methyl sites for hydroxylation is 2. The van der Waals surface area contributed by atoms with Gasteiger partial charge in [0.2, 0.25) is 0 Å². The van der Waals surface area contributed by atoms with Gasteiger partial charge in [0.15, 0.2) is 5.82 Å². The molecule has 0 unspecified atom stereocenters. The van der Waals surface area contributed by atoms with E-state index < -0.39 is 12.1 Å². The number of hydrogen-bond acceptors (Lipinski definition) is 6. The van der Waals surface area contributed by atoms with E-state index in [-0.39, 0.29) is 17.9 Å². The van der Waals surface area contributed by atoms with E-state index in [0.717, 1.165) is 16.8 Å². The molecule has 0 atom stereocenters. The summed E-state index contributed by atoms with van der Waals surface area (Å²) in [5.74, 6) is -2.47. The maximum Gasteiger partial charge on any atom is 0.490 e. The van der Waals surface area contributed by atoms with E-state index in [9.17, 15) is 22.8 Å². The second-order valence-corrected chi connectivity index (χ2v) is 8.01. The van der Waals surface area contributed by atoms with Crippen molar-refractivity contribution in [2.45, 2.75) is 46.8 Å². The van der Waals surface area contributed by atoms with Gasteiger partial charge in [-0.1, -0.05) is 6.07 Å². The van der Waals surface area contributed by atoms with E-state index in [1.807, 2.05) is 40.7 Å². The molecule has 0 aliphatic heterocycles. The van der Waals surface area contributed by atoms with Crippen LogP contribution in [0.25, 0.3) is 5.52 Å². The molecule has 1 aromatic carbocycles. The number of nitrogens with zero attached hydrogens (tertiary/aromatic N) is 3. The number of nitrogens with one attached hydrogen (secondary N) is 3. The SMILES string of the molecule is CCNC(=O)c1cn2ncnc(Nc3cc(C(=O)NC(C)C)ccc3C)c2c1C.O=C(O)C(F)(F)F. The predicted molar refractivity (Wildman–Crippen MR) is 126 cm³/mol. The normalized spacial score (nSPS) is 11.0. The van der Waals surface area contributed by atoms with Crippen LogP contribution >= 0.6 is 0 Å². The quantitative estimate of drug-likeness (QED) is 0.399. The molecule has 0 spiro atoms. The number of carboxylic acid groups (broad SMARTS) is 1. The Balaban J connectivity index is 0.000000572. The number of halogens is 3. The molecule has 0 saturated carbocycles. The van der Waals surface area contributed by atoms with Gasteiger partial charge in [-0.2, -0.15) is 18.3 Å². The summed E-state index contributed by atoms with van der Waals surface area (Å²) in [5, 5.41) is 20.4. The van der Waals surface area contributed by atoms with Gasteiger partial charge in [0.05, 0.1) is 5.56 Å². The number of rotatable bonds is 6. The lowest BCUT2D eigenvalue weighted by Gasteiger charge is -2.13. The highest BCUT2D eigenvalue weighted by Crippen LogP contribution is 2.27. The van der Waals surface area contributed by atoms with Crippen molar-refractivity contribution in [1.29, 1.82) is 0 Å². The lowest BCUT2D eigenvalue weighted by Crippen LogP contribution is -2.30. The summed E-state index contributed by atoms with van der Waals surface area (Å²) in [4.78, 5) is 38.0. The van der Waals surface area contributed by atoms with Gasteiger partial charge in [-0.05, 0) is 57.9 Å². The smallest absolute Gasteiger partial charge is 0.475 e. The fourth-order valence-corrected chi connectivity index (χ4v) is 3.11. The van der Waals surface area contributed by atoms with Crippen LogP contribution in [0.15, 0.2) is 30.7 Å². The minimum Gasteiger partial charge on any atom is -0.475 e. The minimum atomic E-state index is -5.08. The number of carbonyl (C=O) groups is 3. The van der Waals surface area contributed by atoms with Crippen molar-refractivity contribution in [2.24, 2.45) is 0 Å². The number of hydrogen-bond donors (Lipinski definition) is 4. The standard InChI is InChI=1S/C21H26N6O2.C2HF3O2/c1-6-22-21(29)16-10-27-18(14(16)5)19(23-11-24-27)26-17-9-15(8-7-13(17)4)20(28)25-12(2)3;3-2(4,5)1(6)7/h7-12H,6H2,1-5H3,(H,22,29)(H,25,28)(H,23,24,26);(H,6,7). The van der Waals surface area contributed by atoms with E-state index in [0.29, 0.717) is 29.0 Å². The van der Waals surface area contributed by atoms with Crippen LogP contribution in [-0.4, -0.2) is 56.3 Å². The average molecular weight is 509 g/mol. The largest absolute Gasteiger partial charge is 0.490 e. The molecule has 4 N–H and O–H groups in total. The molecular formula is C23H27F3N6O4. The maximum atomic E-state index is 12.4. The number of anilines is 2. The molecule has 3 aromatic rings. The van der Waals surface area contributed by atoms with Gasteiger partial charge in [0, 0.05) is 30.0 Å². The Morgan fingerprint density at radius 3 is 2.33 bits per heavy atom. The Hall–Kier alpha value is -4.16. The third-order valence-corrected chi connectivity index (χ3v) is 4.82. The van der Waals surface area contributed by atoms with Crippen molar-refractivity contribution < 1.29 is 32.7 Å². The number of carbonyl (C=O) groups excluding carboxylic acids is 2. The van der Waals surface area contributed by atoms with Crippen LogP contribution < -0.4 is 16.0 Å². The summed E-state index contributed by atoms with van der Waals surface area (Å²) in [6.07, 6.45) is -1.96. The molecule has 0 aliphatic carbocycles. The first-order chi connectivity index (χ1) is 16.8. The van der Waals surface area contributed by atoms with Crippen molar-refractivity contribution in [3.8, 4) is 0 Å². The van der Waals surface area contributed by atoms with Crippen LogP contribution in [0.2, 0.25) is 0 Å². The van der Waals surface area contributed by atoms with Crippen molar-refractivity contribution >= 4 is 34.8 Å². The molecule has 0 aliphatic rings. The zero-order chi connectivity index (χ0) is 27.2. The zero-order valence-corrected chi connectivity index (χ0v) is 20.3. The molecule has 0 saturated heterocycles. The monoisotopic (exact) mass is 508 g/mol. The predicted octanol–water partition coefficient (Wildman–Crippen LogP) is 3.61. The third kappa shape index (κ3) is 6.93. The van der Waals surface area contributed by atoms with Crippen molar-refractivity contribution in [3.05, 3.63) is 53.0 Å². The summed E-state index contributed by atoms with van der Waals surface area (Å²) in [6, 6.07) is 5.54. The van der Waals surface area contributed by atoms with Gasteiger partial charge < -0.3 is 21.1 Å². The number of aromatic nitrogens is 3. The molecule has 2 aromatic heterocycles. The number of fused-ring (bicyclic) bond motifs is 1. The second kappa shape index (κ2) is 11.5. The van der Waals surface area contributed by atoms with Crippen molar-refractivity contribution in [1.82, 2.24) is 25.2 Å². The first-order valence-corrected chi connectivity index (χ1v) is 10.9. The molecule has 36 heavy (non-hydrogen) atoms. The van der Waals surface area contributed by atoms with Crippen LogP contribution in [0.5, 0.6) is 0 Å². The summed E-state index contributed by atoms with van der Waals surface area (Å²) >= 11 is 0. The van der Waals surface area contributed by atoms with Crippen LogP contribution in [-0.2, 0) is 4.79 Å². The van der Waals surface area contributed by atoms with Crippen molar-refractivity contribution in [3.63, 3.8) is 0 Å². The van der Waals surface area contributed by atoms with Crippen LogP contribution in [0.1, 0.15) is 52.6 Å². The van der Waals surface area contributed by atoms with E-state index in [1.54, 1.807) is 22.8 Å². The number of benzene rings is 1. The Kier molecular flexibility index (Phi) is 8.98. The molecule has 194 valence electrons. The van der Waals surface area contributed by atoms with Gasteiger partial charge in [-0.25, -0.2) is 14.3 Å². The molecule has 13 heteroatoms.